The van der Waals surface area contributed by atoms with E-state index < -0.39 is 30.2 Å². The van der Waals surface area contributed by atoms with Gasteiger partial charge in [0, 0.05) is 35.0 Å². The molecule has 2 aromatic rings. The number of halogens is 2. The molecule has 68 heavy (non-hydrogen) atoms. The van der Waals surface area contributed by atoms with E-state index in [4.69, 9.17) is 31.2 Å². The number of aliphatic hydroxyl groups is 1. The number of cyclic esters (lactones) is 1. The Hall–Kier alpha value is -2.78. The number of carbonyl (C=O) groups is 2. The summed E-state index contributed by atoms with van der Waals surface area (Å²) in [5.41, 5.74) is 28.8. The minimum atomic E-state index is -0.798. The number of benzene rings is 2. The van der Waals surface area contributed by atoms with E-state index in [1.54, 1.807) is 17.1 Å². The third kappa shape index (κ3) is 10.4. The third-order valence-electron chi connectivity index (χ3n) is 17.8. The number of nitrogens with two attached hydrogens (primary N) is 1. The molecule has 4 N–H and O–H groups in total. The molecule has 372 valence electrons. The molecule has 16 atom stereocenters. The first-order valence-corrected chi connectivity index (χ1v) is 26.6. The van der Waals surface area contributed by atoms with E-state index in [1.807, 2.05) is 37.3 Å². The van der Waals surface area contributed by atoms with E-state index in [0.29, 0.717) is 47.7 Å². The number of ether oxygens (including phenoxy) is 1. The summed E-state index contributed by atoms with van der Waals surface area (Å²) < 4.78 is 7.68. The molecule has 9 aliphatic rings. The minimum absolute atomic E-state index is 0.0653. The zero-order valence-corrected chi connectivity index (χ0v) is 45.6. The molecule has 0 unspecified atom stereocenters. The maximum atomic E-state index is 13.8. The van der Waals surface area contributed by atoms with Gasteiger partial charge in [-0.05, 0) is 190 Å². The first-order chi connectivity index (χ1) is 32.1. The lowest BCUT2D eigenvalue weighted by atomic mass is 9.45. The number of hydrogen-bond donors (Lipinski definition) is 3. The summed E-state index contributed by atoms with van der Waals surface area (Å²) in [4.78, 5) is 43.8. The van der Waals surface area contributed by atoms with Crippen LogP contribution in [0.1, 0.15) is 103 Å². The zero-order chi connectivity index (χ0) is 49.6. The van der Waals surface area contributed by atoms with Gasteiger partial charge < -0.3 is 20.9 Å². The summed E-state index contributed by atoms with van der Waals surface area (Å²) >= 11 is 4.60. The van der Waals surface area contributed by atoms with Crippen LogP contribution in [0.2, 0.25) is 0 Å². The summed E-state index contributed by atoms with van der Waals surface area (Å²) in [6, 6.07) is 11.6. The SMILES string of the molecule is C[C@@H]1[C@@H](N)C[C@H]2C[C@@H]1C2(C)C.Cc1c(I)cccc1CN1O[C@@H](CN=[N+]=[N-])[C@@H]([C@H](C)O)[C@H]1C(=O)N[C@H]1C[C@H]2C[C@@H]([C@@H]1C)C2(C)C.Cc1c(I)cccc1CN1O[C@@H](CN=[N+]=[N-])[C@H]2[C@H](C)OC(=O)[C@H]21. The van der Waals surface area contributed by atoms with Crippen LogP contribution in [0, 0.1) is 79.2 Å². The number of esters is 1. The molecule has 3 heterocycles. The summed E-state index contributed by atoms with van der Waals surface area (Å²) in [6.45, 7) is 22.9. The lowest BCUT2D eigenvalue weighted by Crippen LogP contribution is -2.62. The first kappa shape index (κ1) is 53.0. The normalized spacial score (nSPS) is 36.4. The number of carbonyl (C=O) groups excluding carboxylic acids is 2. The Kier molecular flexibility index (Phi) is 16.8. The van der Waals surface area contributed by atoms with Crippen molar-refractivity contribution in [3.05, 3.63) is 86.7 Å². The van der Waals surface area contributed by atoms with Crippen molar-refractivity contribution in [2.75, 3.05) is 13.1 Å². The monoisotopic (exact) mass is 1160 g/mol. The van der Waals surface area contributed by atoms with Crippen molar-refractivity contribution in [1.82, 2.24) is 15.4 Å². The molecule has 0 radical (unpaired) electrons. The maximum Gasteiger partial charge on any atom is 0.326 e. The highest BCUT2D eigenvalue weighted by Crippen LogP contribution is 2.62. The average Bonchev–Trinajstić information content (AvgIpc) is 3.94. The van der Waals surface area contributed by atoms with Gasteiger partial charge in [-0.3, -0.25) is 19.3 Å². The Morgan fingerprint density at radius 2 is 1.37 bits per heavy atom. The van der Waals surface area contributed by atoms with Crippen molar-refractivity contribution < 1.29 is 29.1 Å². The molecule has 0 spiro atoms. The number of hydrogen-bond acceptors (Lipinski definition) is 11. The average molecular weight is 1160 g/mol. The third-order valence-corrected chi connectivity index (χ3v) is 20.2. The van der Waals surface area contributed by atoms with E-state index in [9.17, 15) is 14.7 Å². The van der Waals surface area contributed by atoms with Gasteiger partial charge in [-0.1, -0.05) is 76.0 Å². The van der Waals surface area contributed by atoms with Crippen molar-refractivity contribution in [3.63, 3.8) is 0 Å². The van der Waals surface area contributed by atoms with Crippen LogP contribution in [-0.4, -0.2) is 88.8 Å². The number of nitrogens with one attached hydrogen (secondary N) is 1. The molecule has 1 amide bonds. The fraction of sp³-hybridized carbons (Fsp3) is 0.720. The van der Waals surface area contributed by atoms with E-state index in [2.05, 4.69) is 132 Å². The Bertz CT molecular complexity index is 2270. The molecule has 9 fully saturated rings. The van der Waals surface area contributed by atoms with Crippen LogP contribution in [-0.2, 0) is 37.1 Å². The van der Waals surface area contributed by atoms with Crippen LogP contribution in [0.3, 0.4) is 0 Å². The number of azide groups is 2. The lowest BCUT2D eigenvalue weighted by molar-refractivity contribution is -0.188. The van der Waals surface area contributed by atoms with Crippen molar-refractivity contribution in [1.29, 1.82) is 0 Å². The van der Waals surface area contributed by atoms with Gasteiger partial charge in [0.25, 0.3) is 0 Å². The highest BCUT2D eigenvalue weighted by molar-refractivity contribution is 14.1. The Morgan fingerprint density at radius 3 is 1.87 bits per heavy atom. The number of fused-ring (bicyclic) bond motifs is 5. The molecule has 6 aliphatic carbocycles. The van der Waals surface area contributed by atoms with Gasteiger partial charge in [0.15, 0.2) is 0 Å². The van der Waals surface area contributed by atoms with Gasteiger partial charge in [-0.15, -0.1) is 0 Å². The zero-order valence-electron chi connectivity index (χ0n) is 41.3. The van der Waals surface area contributed by atoms with Crippen LogP contribution in [0.4, 0.5) is 0 Å². The minimum Gasteiger partial charge on any atom is -0.461 e. The molecule has 6 saturated carbocycles. The predicted octanol–water partition coefficient (Wildman–Crippen LogP) is 9.55. The molecule has 11 rings (SSSR count). The Labute approximate surface area is 429 Å². The molecule has 3 saturated heterocycles. The van der Waals surface area contributed by atoms with E-state index in [1.165, 1.54) is 28.4 Å². The predicted molar refractivity (Wildman–Crippen MR) is 277 cm³/mol. The maximum absolute atomic E-state index is 13.8. The molecule has 18 heteroatoms. The van der Waals surface area contributed by atoms with Crippen molar-refractivity contribution >= 4 is 57.1 Å². The highest BCUT2D eigenvalue weighted by atomic mass is 127. The van der Waals surface area contributed by atoms with Crippen molar-refractivity contribution in [2.45, 2.75) is 157 Å². The van der Waals surface area contributed by atoms with Gasteiger partial charge in [0.2, 0.25) is 5.91 Å². The standard InChI is InChI=1S/C25H36IN5O3.C15H17IN4O3.C10H19N/c1-13-16(7-6-8-19(13)26)12-31-23(22(15(3)32)21(34-31)11-28-30-27)24(33)29-20-10-17-9-18(14(20)2)25(17,4)5;1-8-10(4-3-5-11(8)16)7-20-14-13(9(2)22-15(14)21)12(23-20)6-18-19-17;1-6-8-4-7(5-9(6)11)10(8,2)3/h6-8,14-15,17-18,20-23,32H,9-12H2,1-5H3,(H,29,33);3-5,9,12-14H,6-7H2,1-2H3;6-9H,4-5,11H2,1-3H3/t14-,15-,17+,18-,20-,21-,22+,23-;9-,12-,13+,14-;6-,7+,8-,9-/m000/s1. The lowest BCUT2D eigenvalue weighted by Gasteiger charge is -2.62. The molecule has 16 nitrogen and oxygen atoms in total. The molecule has 3 aliphatic heterocycles. The smallest absolute Gasteiger partial charge is 0.326 e. The van der Waals surface area contributed by atoms with Crippen LogP contribution < -0.4 is 11.1 Å². The number of aliphatic hydroxyl groups excluding tert-OH is 1. The van der Waals surface area contributed by atoms with Gasteiger partial charge in [-0.2, -0.15) is 10.1 Å². The number of amides is 1. The summed E-state index contributed by atoms with van der Waals surface area (Å²) in [6.07, 6.45) is 3.01. The number of nitrogens with zero attached hydrogens (tertiary/aromatic N) is 8. The largest absolute Gasteiger partial charge is 0.461 e. The van der Waals surface area contributed by atoms with Crippen LogP contribution in [0.15, 0.2) is 46.6 Å². The van der Waals surface area contributed by atoms with E-state index in [0.717, 1.165) is 44.4 Å². The molecule has 2 aromatic carbocycles. The van der Waals surface area contributed by atoms with Crippen LogP contribution in [0.25, 0.3) is 20.9 Å². The second-order valence-electron chi connectivity index (χ2n) is 21.9. The number of hydroxylamine groups is 4. The summed E-state index contributed by atoms with van der Waals surface area (Å²) in [5.74, 6) is 3.25. The van der Waals surface area contributed by atoms with Gasteiger partial charge >= 0.3 is 5.97 Å². The highest BCUT2D eigenvalue weighted by Gasteiger charge is 2.59. The van der Waals surface area contributed by atoms with Gasteiger partial charge in [0.05, 0.1) is 50.4 Å². The van der Waals surface area contributed by atoms with Gasteiger partial charge in [-0.25, -0.2) is 0 Å². The second-order valence-corrected chi connectivity index (χ2v) is 24.3. The van der Waals surface area contributed by atoms with Crippen molar-refractivity contribution in [2.24, 2.45) is 74.1 Å². The summed E-state index contributed by atoms with van der Waals surface area (Å²) in [5, 5.41) is 24.7. The molecular weight excluding hydrogens is 1090 g/mol. The van der Waals surface area contributed by atoms with Crippen LogP contribution >= 0.6 is 45.2 Å². The van der Waals surface area contributed by atoms with E-state index in [-0.39, 0.29) is 49.1 Å². The molecule has 0 aromatic heterocycles. The molecular formula is C50H72I2N10O6. The fourth-order valence-electron chi connectivity index (χ4n) is 13.1. The summed E-state index contributed by atoms with van der Waals surface area (Å²) in [7, 11) is 0. The van der Waals surface area contributed by atoms with Gasteiger partial charge in [0.1, 0.15) is 18.2 Å². The quantitative estimate of drug-likeness (QED) is 0.0640. The second kappa shape index (κ2) is 21.5. The Balaban J connectivity index is 0.000000172. The first-order valence-electron chi connectivity index (χ1n) is 24.4. The van der Waals surface area contributed by atoms with Crippen LogP contribution in [0.5, 0.6) is 0 Å². The Morgan fingerprint density at radius 1 is 0.853 bits per heavy atom. The van der Waals surface area contributed by atoms with Crippen molar-refractivity contribution in [3.8, 4) is 0 Å². The van der Waals surface area contributed by atoms with E-state index >= 15 is 0 Å². The topological polar surface area (TPSA) is 224 Å². The fourth-order valence-corrected chi connectivity index (χ4v) is 14.2. The molecule has 4 bridgehead atoms. The number of rotatable bonds is 11.